The van der Waals surface area contributed by atoms with Gasteiger partial charge in [-0.25, -0.2) is 4.98 Å². The van der Waals surface area contributed by atoms with Crippen LogP contribution in [0, 0.1) is 6.92 Å². The van der Waals surface area contributed by atoms with Crippen molar-refractivity contribution in [3.05, 3.63) is 108 Å². The molecule has 0 saturated carbocycles. The first-order chi connectivity index (χ1) is 15.0. The summed E-state index contributed by atoms with van der Waals surface area (Å²) in [6.45, 7) is 8.84. The maximum Gasteiger partial charge on any atom is 0.225 e. The summed E-state index contributed by atoms with van der Waals surface area (Å²) in [5.74, 6) is 0.167. The molecule has 1 N–H and O–H groups in total. The van der Waals surface area contributed by atoms with E-state index in [4.69, 9.17) is 0 Å². The highest BCUT2D eigenvalue weighted by atomic mass is 16.1. The third-order valence-electron chi connectivity index (χ3n) is 5.35. The molecule has 0 bridgehead atoms. The van der Waals surface area contributed by atoms with Crippen molar-refractivity contribution in [3.63, 3.8) is 0 Å². The molecule has 2 heterocycles. The van der Waals surface area contributed by atoms with Crippen LogP contribution in [-0.4, -0.2) is 25.6 Å². The van der Waals surface area contributed by atoms with Crippen molar-refractivity contribution in [2.24, 2.45) is 0 Å². The van der Waals surface area contributed by atoms with Crippen molar-refractivity contribution in [1.82, 2.24) is 19.9 Å². The average Bonchev–Trinajstić information content (AvgIpc) is 3.24. The van der Waals surface area contributed by atoms with Crippen molar-refractivity contribution in [3.8, 4) is 0 Å². The zero-order valence-corrected chi connectivity index (χ0v) is 17.9. The lowest BCUT2D eigenvalue weighted by molar-refractivity contribution is 0.102. The van der Waals surface area contributed by atoms with Crippen LogP contribution in [0.3, 0.4) is 0 Å². The number of aromatic amines is 1. The van der Waals surface area contributed by atoms with Gasteiger partial charge in [0.15, 0.2) is 5.82 Å². The minimum atomic E-state index is -0.147. The van der Waals surface area contributed by atoms with E-state index in [0.29, 0.717) is 17.9 Å². The zero-order chi connectivity index (χ0) is 21.8. The highest BCUT2D eigenvalue weighted by Gasteiger charge is 2.17. The number of imidazole rings is 1. The van der Waals surface area contributed by atoms with E-state index in [2.05, 4.69) is 70.9 Å². The van der Waals surface area contributed by atoms with Crippen LogP contribution >= 0.6 is 0 Å². The van der Waals surface area contributed by atoms with Gasteiger partial charge in [-0.05, 0) is 43.9 Å². The molecule has 5 nitrogen and oxygen atoms in total. The number of aryl methyl sites for hydroxylation is 1. The van der Waals surface area contributed by atoms with Gasteiger partial charge in [0.25, 0.3) is 0 Å². The molecule has 0 radical (unpaired) electrons. The van der Waals surface area contributed by atoms with Gasteiger partial charge in [0.2, 0.25) is 5.78 Å². The van der Waals surface area contributed by atoms with Crippen molar-refractivity contribution in [1.29, 1.82) is 0 Å². The number of benzene rings is 1. The Balaban J connectivity index is 1.64. The molecule has 2 aromatic heterocycles. The van der Waals surface area contributed by atoms with E-state index >= 15 is 0 Å². The predicted octanol–water partition coefficient (Wildman–Crippen LogP) is 5.65. The Hall–Kier alpha value is -3.73. The summed E-state index contributed by atoms with van der Waals surface area (Å²) >= 11 is 0. The summed E-state index contributed by atoms with van der Waals surface area (Å²) in [6, 6.07) is 10.2. The third-order valence-corrected chi connectivity index (χ3v) is 5.35. The second-order valence-corrected chi connectivity index (χ2v) is 7.82. The first kappa shape index (κ1) is 20.5. The number of H-pyrrole nitrogens is 1. The zero-order valence-electron chi connectivity index (χ0n) is 17.9. The average molecular weight is 411 g/mol. The molecule has 0 fully saturated rings. The molecule has 4 rings (SSSR count). The molecule has 3 aromatic rings. The van der Waals surface area contributed by atoms with Gasteiger partial charge in [0.1, 0.15) is 0 Å². The molecule has 5 heteroatoms. The number of Topliss-reactive ketones (excluding diaryl/α,β-unsaturated/α-hetero) is 1. The van der Waals surface area contributed by atoms with Crippen LogP contribution in [0.2, 0.25) is 0 Å². The lowest BCUT2D eigenvalue weighted by Gasteiger charge is -2.25. The SMILES string of the molecule is C=C(C1=CCCC=C1)N(/C=C(\C)C(=O)c1nc2ccncc2[nH]1)Cc1ccc(C)cc1. The van der Waals surface area contributed by atoms with Crippen molar-refractivity contribution in [2.75, 3.05) is 0 Å². The third kappa shape index (κ3) is 4.72. The fourth-order valence-electron chi connectivity index (χ4n) is 3.55. The Bertz CT molecular complexity index is 1180. The van der Waals surface area contributed by atoms with Crippen LogP contribution < -0.4 is 0 Å². The van der Waals surface area contributed by atoms with Gasteiger partial charge in [0, 0.05) is 30.2 Å². The van der Waals surface area contributed by atoms with E-state index in [1.165, 1.54) is 5.56 Å². The second kappa shape index (κ2) is 8.96. The summed E-state index contributed by atoms with van der Waals surface area (Å²) in [5.41, 5.74) is 6.39. The highest BCUT2D eigenvalue weighted by Crippen LogP contribution is 2.24. The number of aromatic nitrogens is 3. The first-order valence-electron chi connectivity index (χ1n) is 10.4. The molecule has 1 aliphatic carbocycles. The van der Waals surface area contributed by atoms with Crippen molar-refractivity contribution in [2.45, 2.75) is 33.2 Å². The number of carbonyl (C=O) groups is 1. The normalized spacial score (nSPS) is 13.9. The van der Waals surface area contributed by atoms with Gasteiger partial charge in [0.05, 0.1) is 17.2 Å². The number of ketones is 1. The molecule has 0 spiro atoms. The Morgan fingerprint density at radius 2 is 2.03 bits per heavy atom. The lowest BCUT2D eigenvalue weighted by Crippen LogP contribution is -2.19. The quantitative estimate of drug-likeness (QED) is 0.404. The fraction of sp³-hybridized carbons (Fsp3) is 0.192. The van der Waals surface area contributed by atoms with E-state index in [-0.39, 0.29) is 5.78 Å². The standard InChI is InChI=1S/C26H26N4O/c1-18-9-11-21(12-10-18)17-30(20(3)22-7-5-4-6-8-22)16-19(2)25(31)26-28-23-13-14-27-15-24(23)29-26/h5,7-16H,3-4,6,17H2,1-2H3,(H,28,29)/b19-16+. The van der Waals surface area contributed by atoms with Gasteiger partial charge in [-0.15, -0.1) is 0 Å². The van der Waals surface area contributed by atoms with Gasteiger partial charge in [-0.2, -0.15) is 0 Å². The van der Waals surface area contributed by atoms with E-state index in [0.717, 1.165) is 40.7 Å². The summed E-state index contributed by atoms with van der Waals surface area (Å²) < 4.78 is 0. The largest absolute Gasteiger partial charge is 0.343 e. The van der Waals surface area contributed by atoms with Crippen molar-refractivity contribution < 1.29 is 4.79 Å². The van der Waals surface area contributed by atoms with Crippen LogP contribution in [0.25, 0.3) is 11.0 Å². The number of nitrogens with one attached hydrogen (secondary N) is 1. The van der Waals surface area contributed by atoms with Gasteiger partial charge < -0.3 is 9.88 Å². The van der Waals surface area contributed by atoms with Crippen LogP contribution in [0.15, 0.2) is 90.6 Å². The molecule has 1 aromatic carbocycles. The first-order valence-corrected chi connectivity index (χ1v) is 10.4. The maximum absolute atomic E-state index is 13.1. The lowest BCUT2D eigenvalue weighted by atomic mass is 10.0. The number of hydrogen-bond acceptors (Lipinski definition) is 4. The van der Waals surface area contributed by atoms with Gasteiger partial charge >= 0.3 is 0 Å². The monoisotopic (exact) mass is 410 g/mol. The Kier molecular flexibility index (Phi) is 5.94. The van der Waals surface area contributed by atoms with Crippen LogP contribution in [0.4, 0.5) is 0 Å². The number of nitrogens with zero attached hydrogens (tertiary/aromatic N) is 3. The molecule has 31 heavy (non-hydrogen) atoms. The topological polar surface area (TPSA) is 61.9 Å². The van der Waals surface area contributed by atoms with E-state index in [1.54, 1.807) is 18.5 Å². The molecule has 156 valence electrons. The summed E-state index contributed by atoms with van der Waals surface area (Å²) in [7, 11) is 0. The number of fused-ring (bicyclic) bond motifs is 1. The summed E-state index contributed by atoms with van der Waals surface area (Å²) in [4.78, 5) is 26.7. The van der Waals surface area contributed by atoms with Crippen LogP contribution in [0.5, 0.6) is 0 Å². The number of rotatable bonds is 7. The number of hydrogen-bond donors (Lipinski definition) is 1. The van der Waals surface area contributed by atoms with E-state index < -0.39 is 0 Å². The number of allylic oxidation sites excluding steroid dienone is 4. The number of pyridine rings is 1. The molecule has 1 aliphatic rings. The fourth-order valence-corrected chi connectivity index (χ4v) is 3.55. The van der Waals surface area contributed by atoms with Crippen LogP contribution in [0.1, 0.15) is 41.5 Å². The van der Waals surface area contributed by atoms with Gasteiger partial charge in [-0.3, -0.25) is 9.78 Å². The minimum Gasteiger partial charge on any atom is -0.343 e. The van der Waals surface area contributed by atoms with Crippen molar-refractivity contribution >= 4 is 16.8 Å². The molecule has 0 saturated heterocycles. The Morgan fingerprint density at radius 1 is 1.23 bits per heavy atom. The molecule has 0 amide bonds. The molecule has 0 aliphatic heterocycles. The summed E-state index contributed by atoms with van der Waals surface area (Å²) in [6.07, 6.45) is 13.7. The maximum atomic E-state index is 13.1. The Labute approximate surface area is 182 Å². The molecule has 0 atom stereocenters. The Morgan fingerprint density at radius 3 is 2.74 bits per heavy atom. The molecule has 0 unspecified atom stereocenters. The van der Waals surface area contributed by atoms with E-state index in [9.17, 15) is 4.79 Å². The minimum absolute atomic E-state index is 0.147. The molecular weight excluding hydrogens is 384 g/mol. The highest BCUT2D eigenvalue weighted by molar-refractivity contribution is 6.07. The molecular formula is C26H26N4O. The second-order valence-electron chi connectivity index (χ2n) is 7.82. The van der Waals surface area contributed by atoms with Gasteiger partial charge in [-0.1, -0.05) is 54.6 Å². The predicted molar refractivity (Wildman–Crippen MR) is 124 cm³/mol. The smallest absolute Gasteiger partial charge is 0.225 e. The summed E-state index contributed by atoms with van der Waals surface area (Å²) in [5, 5.41) is 0. The van der Waals surface area contributed by atoms with E-state index in [1.807, 2.05) is 18.0 Å². The van der Waals surface area contributed by atoms with Crippen LogP contribution in [-0.2, 0) is 6.54 Å². The number of carbonyl (C=O) groups excluding carboxylic acids is 1.